The summed E-state index contributed by atoms with van der Waals surface area (Å²) in [5.41, 5.74) is 8.98. The van der Waals surface area contributed by atoms with Crippen LogP contribution in [0, 0.1) is 11.8 Å². The normalized spacial score (nSPS) is 15.1. The molecule has 2 atom stereocenters. The Morgan fingerprint density at radius 2 is 1.55 bits per heavy atom. The molecule has 0 aliphatic heterocycles. The third kappa shape index (κ3) is 5.26. The monoisotopic (exact) mass is 276 g/mol. The summed E-state index contributed by atoms with van der Waals surface area (Å²) in [6.45, 7) is 12.2. The second-order valence-corrected chi connectivity index (χ2v) is 6.87. The van der Waals surface area contributed by atoms with Gasteiger partial charge in [-0.15, -0.1) is 0 Å². The van der Waals surface area contributed by atoms with Gasteiger partial charge in [0.2, 0.25) is 0 Å². The lowest BCUT2D eigenvalue weighted by molar-refractivity contribution is 0.197. The van der Waals surface area contributed by atoms with E-state index in [4.69, 9.17) is 5.73 Å². The van der Waals surface area contributed by atoms with Crippen molar-refractivity contribution in [1.29, 1.82) is 0 Å². The molecule has 2 unspecified atom stereocenters. The molecule has 1 aromatic carbocycles. The highest BCUT2D eigenvalue weighted by atomic mass is 15.1. The van der Waals surface area contributed by atoms with Crippen molar-refractivity contribution >= 4 is 0 Å². The Labute approximate surface area is 125 Å². The standard InChI is InChI=1S/C18H32N2/c1-13(2)11-16-7-9-17(10-8-16)18(19)12-20(6)15(5)14(3)4/h7-10,13-15,18H,11-12,19H2,1-6H3. The van der Waals surface area contributed by atoms with Gasteiger partial charge in [0, 0.05) is 18.6 Å². The molecular weight excluding hydrogens is 244 g/mol. The molecule has 0 aromatic heterocycles. The largest absolute Gasteiger partial charge is 0.323 e. The fourth-order valence-electron chi connectivity index (χ4n) is 2.46. The summed E-state index contributed by atoms with van der Waals surface area (Å²) in [5.74, 6) is 1.35. The fraction of sp³-hybridized carbons (Fsp3) is 0.667. The van der Waals surface area contributed by atoms with Crippen LogP contribution in [0.15, 0.2) is 24.3 Å². The first kappa shape index (κ1) is 17.2. The Morgan fingerprint density at radius 1 is 1.00 bits per heavy atom. The number of likely N-dealkylation sites (N-methyl/N-ethyl adjacent to an activating group) is 1. The van der Waals surface area contributed by atoms with Gasteiger partial charge in [-0.1, -0.05) is 52.0 Å². The first-order valence-electron chi connectivity index (χ1n) is 7.86. The number of rotatable bonds is 7. The molecular formula is C18H32N2. The number of nitrogens with zero attached hydrogens (tertiary/aromatic N) is 1. The van der Waals surface area contributed by atoms with E-state index in [-0.39, 0.29) is 6.04 Å². The maximum atomic E-state index is 6.34. The molecule has 0 radical (unpaired) electrons. The van der Waals surface area contributed by atoms with Crippen LogP contribution in [0.3, 0.4) is 0 Å². The van der Waals surface area contributed by atoms with Crippen LogP contribution in [0.2, 0.25) is 0 Å². The Balaban J connectivity index is 2.61. The van der Waals surface area contributed by atoms with Gasteiger partial charge in [-0.3, -0.25) is 0 Å². The summed E-state index contributed by atoms with van der Waals surface area (Å²) in [6, 6.07) is 9.48. The predicted octanol–water partition coefficient (Wildman–Crippen LogP) is 3.86. The number of hydrogen-bond donors (Lipinski definition) is 1. The van der Waals surface area contributed by atoms with E-state index in [2.05, 4.69) is 70.8 Å². The van der Waals surface area contributed by atoms with Gasteiger partial charge in [0.1, 0.15) is 0 Å². The van der Waals surface area contributed by atoms with E-state index in [1.54, 1.807) is 0 Å². The fourth-order valence-corrected chi connectivity index (χ4v) is 2.46. The van der Waals surface area contributed by atoms with Crippen LogP contribution in [-0.2, 0) is 6.42 Å². The zero-order valence-electron chi connectivity index (χ0n) is 14.1. The van der Waals surface area contributed by atoms with Crippen LogP contribution in [0.1, 0.15) is 51.8 Å². The molecule has 0 heterocycles. The molecule has 0 aliphatic carbocycles. The van der Waals surface area contributed by atoms with Crippen molar-refractivity contribution in [2.75, 3.05) is 13.6 Å². The molecule has 2 heteroatoms. The van der Waals surface area contributed by atoms with Crippen molar-refractivity contribution in [2.45, 2.75) is 53.1 Å². The van der Waals surface area contributed by atoms with E-state index in [0.717, 1.165) is 13.0 Å². The lowest BCUT2D eigenvalue weighted by Gasteiger charge is -2.30. The maximum absolute atomic E-state index is 6.34. The molecule has 0 spiro atoms. The van der Waals surface area contributed by atoms with E-state index >= 15 is 0 Å². The third-order valence-electron chi connectivity index (χ3n) is 4.20. The van der Waals surface area contributed by atoms with Crippen LogP contribution >= 0.6 is 0 Å². The van der Waals surface area contributed by atoms with E-state index in [1.165, 1.54) is 11.1 Å². The van der Waals surface area contributed by atoms with Crippen LogP contribution in [-0.4, -0.2) is 24.5 Å². The van der Waals surface area contributed by atoms with Crippen molar-refractivity contribution in [3.8, 4) is 0 Å². The molecule has 2 nitrogen and oxygen atoms in total. The van der Waals surface area contributed by atoms with E-state index in [0.29, 0.717) is 17.9 Å². The van der Waals surface area contributed by atoms with E-state index < -0.39 is 0 Å². The van der Waals surface area contributed by atoms with Gasteiger partial charge in [0.25, 0.3) is 0 Å². The Bertz CT molecular complexity index is 381. The summed E-state index contributed by atoms with van der Waals surface area (Å²) >= 11 is 0. The van der Waals surface area contributed by atoms with E-state index in [9.17, 15) is 0 Å². The van der Waals surface area contributed by atoms with Crippen LogP contribution in [0.5, 0.6) is 0 Å². The van der Waals surface area contributed by atoms with Gasteiger partial charge in [-0.05, 0) is 43.4 Å². The summed E-state index contributed by atoms with van der Waals surface area (Å²) in [5, 5.41) is 0. The molecule has 0 saturated heterocycles. The van der Waals surface area contributed by atoms with E-state index in [1.807, 2.05) is 0 Å². The summed E-state index contributed by atoms with van der Waals surface area (Å²) < 4.78 is 0. The average Bonchev–Trinajstić information content (AvgIpc) is 2.37. The number of nitrogens with two attached hydrogens (primary N) is 1. The molecule has 0 fully saturated rings. The topological polar surface area (TPSA) is 29.3 Å². The van der Waals surface area contributed by atoms with Gasteiger partial charge in [-0.25, -0.2) is 0 Å². The lowest BCUT2D eigenvalue weighted by atomic mass is 9.99. The Kier molecular flexibility index (Phi) is 6.70. The lowest BCUT2D eigenvalue weighted by Crippen LogP contribution is -2.38. The van der Waals surface area contributed by atoms with Crippen molar-refractivity contribution in [3.05, 3.63) is 35.4 Å². The minimum Gasteiger partial charge on any atom is -0.323 e. The highest BCUT2D eigenvalue weighted by molar-refractivity contribution is 5.25. The zero-order chi connectivity index (χ0) is 15.3. The molecule has 1 rings (SSSR count). The summed E-state index contributed by atoms with van der Waals surface area (Å²) in [7, 11) is 2.16. The molecule has 114 valence electrons. The average molecular weight is 276 g/mol. The summed E-state index contributed by atoms with van der Waals surface area (Å²) in [6.07, 6.45) is 1.14. The van der Waals surface area contributed by atoms with Crippen LogP contribution in [0.25, 0.3) is 0 Å². The molecule has 20 heavy (non-hydrogen) atoms. The predicted molar refractivity (Wildman–Crippen MR) is 88.8 cm³/mol. The minimum atomic E-state index is 0.0919. The highest BCUT2D eigenvalue weighted by Gasteiger charge is 2.16. The van der Waals surface area contributed by atoms with Gasteiger partial charge in [0.05, 0.1) is 0 Å². The van der Waals surface area contributed by atoms with Crippen molar-refractivity contribution in [2.24, 2.45) is 17.6 Å². The zero-order valence-corrected chi connectivity index (χ0v) is 14.1. The minimum absolute atomic E-state index is 0.0919. The summed E-state index contributed by atoms with van der Waals surface area (Å²) in [4.78, 5) is 2.36. The van der Waals surface area contributed by atoms with Gasteiger partial charge >= 0.3 is 0 Å². The smallest absolute Gasteiger partial charge is 0.0424 e. The second-order valence-electron chi connectivity index (χ2n) is 6.87. The first-order valence-corrected chi connectivity index (χ1v) is 7.86. The van der Waals surface area contributed by atoms with Gasteiger partial charge in [-0.2, -0.15) is 0 Å². The Hall–Kier alpha value is -0.860. The molecule has 0 saturated carbocycles. The van der Waals surface area contributed by atoms with Crippen molar-refractivity contribution in [3.63, 3.8) is 0 Å². The quantitative estimate of drug-likeness (QED) is 0.819. The van der Waals surface area contributed by atoms with Gasteiger partial charge in [0.15, 0.2) is 0 Å². The molecule has 1 aromatic rings. The molecule has 0 aliphatic rings. The van der Waals surface area contributed by atoms with Crippen LogP contribution in [0.4, 0.5) is 0 Å². The van der Waals surface area contributed by atoms with Crippen molar-refractivity contribution in [1.82, 2.24) is 4.90 Å². The maximum Gasteiger partial charge on any atom is 0.0424 e. The van der Waals surface area contributed by atoms with Crippen LogP contribution < -0.4 is 5.73 Å². The molecule has 2 N–H and O–H groups in total. The molecule has 0 amide bonds. The van der Waals surface area contributed by atoms with Gasteiger partial charge < -0.3 is 10.6 Å². The van der Waals surface area contributed by atoms with Crippen molar-refractivity contribution < 1.29 is 0 Å². The molecule has 0 bridgehead atoms. The second kappa shape index (κ2) is 7.80. The SMILES string of the molecule is CC(C)Cc1ccc(C(N)CN(C)C(C)C(C)C)cc1. The number of benzene rings is 1. The highest BCUT2D eigenvalue weighted by Crippen LogP contribution is 2.17. The third-order valence-corrected chi connectivity index (χ3v) is 4.20. The first-order chi connectivity index (χ1) is 9.31. The number of hydrogen-bond acceptors (Lipinski definition) is 2. The Morgan fingerprint density at radius 3 is 2.00 bits per heavy atom.